The largest absolute Gasteiger partial charge is 0.455 e. The molecule has 7 nitrogen and oxygen atoms in total. The van der Waals surface area contributed by atoms with Crippen molar-refractivity contribution >= 4 is 33.2 Å². The third-order valence-corrected chi connectivity index (χ3v) is 9.38. The van der Waals surface area contributed by atoms with Gasteiger partial charge in [0.05, 0.1) is 12.5 Å². The van der Waals surface area contributed by atoms with E-state index in [4.69, 9.17) is 4.74 Å². The van der Waals surface area contributed by atoms with Crippen LogP contribution in [0, 0.1) is 0 Å². The van der Waals surface area contributed by atoms with Crippen LogP contribution in [0.1, 0.15) is 54.1 Å². The topological polar surface area (TPSA) is 92.8 Å². The number of esters is 1. The Hall–Kier alpha value is -2.23. The van der Waals surface area contributed by atoms with E-state index in [0.29, 0.717) is 18.0 Å². The van der Waals surface area contributed by atoms with E-state index in [9.17, 15) is 18.0 Å². The van der Waals surface area contributed by atoms with E-state index in [1.807, 2.05) is 18.2 Å². The van der Waals surface area contributed by atoms with Crippen molar-refractivity contribution in [2.24, 2.45) is 0 Å². The number of aryl methyl sites for hydroxylation is 1. The van der Waals surface area contributed by atoms with Gasteiger partial charge in [-0.15, -0.1) is 11.3 Å². The summed E-state index contributed by atoms with van der Waals surface area (Å²) in [5.74, 6) is -0.882. The lowest BCUT2D eigenvalue weighted by Gasteiger charge is -2.26. The summed E-state index contributed by atoms with van der Waals surface area (Å²) < 4.78 is 32.4. The van der Waals surface area contributed by atoms with Crippen LogP contribution in [0.25, 0.3) is 0 Å². The number of thiophene rings is 1. The molecule has 1 atom stereocenters. The fourth-order valence-corrected chi connectivity index (χ4v) is 7.32. The van der Waals surface area contributed by atoms with Gasteiger partial charge in [-0.25, -0.2) is 8.42 Å². The van der Waals surface area contributed by atoms with Gasteiger partial charge in [-0.3, -0.25) is 9.59 Å². The minimum absolute atomic E-state index is 0.0558. The zero-order valence-electron chi connectivity index (χ0n) is 17.9. The monoisotopic (exact) mass is 476 g/mol. The maximum Gasteiger partial charge on any atom is 0.311 e. The lowest BCUT2D eigenvalue weighted by molar-refractivity contribution is -0.148. The van der Waals surface area contributed by atoms with Crippen LogP contribution in [0.15, 0.2) is 40.6 Å². The molecule has 2 aromatic rings. The summed E-state index contributed by atoms with van der Waals surface area (Å²) in [6.45, 7) is 0.734. The summed E-state index contributed by atoms with van der Waals surface area (Å²) in [6.07, 6.45) is 5.61. The van der Waals surface area contributed by atoms with Crippen molar-refractivity contribution in [3.8, 4) is 0 Å². The van der Waals surface area contributed by atoms with Crippen LogP contribution in [-0.2, 0) is 37.2 Å². The Morgan fingerprint density at radius 3 is 2.66 bits per heavy atom. The predicted molar refractivity (Wildman–Crippen MR) is 122 cm³/mol. The molecule has 32 heavy (non-hydrogen) atoms. The molecule has 1 fully saturated rings. The molecule has 4 rings (SSSR count). The fraction of sp³-hybridized carbons (Fsp3) is 0.478. The molecule has 1 aromatic carbocycles. The standard InChI is InChI=1S/C23H28N2O5S2/c26-21(24-20-10-6-8-17-7-2-3-9-19(17)20)16-30-22(27)15-18-11-12-23(31-18)32(28,29)25-13-4-1-5-14-25/h2-3,7,9,11-12,20H,1,4-6,8,10,13-16H2,(H,24,26). The summed E-state index contributed by atoms with van der Waals surface area (Å²) in [5, 5.41) is 2.96. The first-order valence-electron chi connectivity index (χ1n) is 11.0. The van der Waals surface area contributed by atoms with E-state index in [-0.39, 0.29) is 29.2 Å². The quantitative estimate of drug-likeness (QED) is 0.620. The second kappa shape index (κ2) is 10.1. The van der Waals surface area contributed by atoms with Crippen LogP contribution >= 0.6 is 11.3 Å². The zero-order chi connectivity index (χ0) is 22.6. The summed E-state index contributed by atoms with van der Waals surface area (Å²) >= 11 is 1.09. The van der Waals surface area contributed by atoms with Crippen LogP contribution in [0.4, 0.5) is 0 Å². The number of fused-ring (bicyclic) bond motifs is 1. The minimum atomic E-state index is -3.51. The third kappa shape index (κ3) is 5.39. The van der Waals surface area contributed by atoms with Crippen LogP contribution < -0.4 is 5.32 Å². The van der Waals surface area contributed by atoms with Gasteiger partial charge in [0.1, 0.15) is 4.21 Å². The molecule has 1 amide bonds. The average Bonchev–Trinajstić information content (AvgIpc) is 3.28. The first kappa shape index (κ1) is 22.9. The summed E-state index contributed by atoms with van der Waals surface area (Å²) in [5.41, 5.74) is 2.37. The van der Waals surface area contributed by atoms with Gasteiger partial charge >= 0.3 is 5.97 Å². The van der Waals surface area contributed by atoms with Gasteiger partial charge in [-0.2, -0.15) is 4.31 Å². The van der Waals surface area contributed by atoms with Crippen molar-refractivity contribution in [2.75, 3.05) is 19.7 Å². The van der Waals surface area contributed by atoms with Gasteiger partial charge in [0.2, 0.25) is 0 Å². The number of benzene rings is 1. The first-order valence-corrected chi connectivity index (χ1v) is 13.3. The number of carbonyl (C=O) groups is 2. The highest BCUT2D eigenvalue weighted by Crippen LogP contribution is 2.29. The number of amides is 1. The number of nitrogens with one attached hydrogen (secondary N) is 1. The summed E-state index contributed by atoms with van der Waals surface area (Å²) in [4.78, 5) is 25.1. The lowest BCUT2D eigenvalue weighted by Crippen LogP contribution is -2.35. The molecule has 2 heterocycles. The molecule has 1 aromatic heterocycles. The number of carbonyl (C=O) groups excluding carboxylic acids is 2. The molecule has 1 unspecified atom stereocenters. The van der Waals surface area contributed by atoms with Crippen LogP contribution in [0.3, 0.4) is 0 Å². The Kier molecular flexibility index (Phi) is 7.27. The van der Waals surface area contributed by atoms with Gasteiger partial charge in [-0.1, -0.05) is 30.7 Å². The minimum Gasteiger partial charge on any atom is -0.455 e. The van der Waals surface area contributed by atoms with E-state index in [1.54, 1.807) is 12.1 Å². The molecule has 9 heteroatoms. The molecule has 0 radical (unpaired) electrons. The fourth-order valence-electron chi connectivity index (χ4n) is 4.30. The number of piperidine rings is 1. The van der Waals surface area contributed by atoms with Crippen molar-refractivity contribution in [1.82, 2.24) is 9.62 Å². The Balaban J connectivity index is 1.27. The van der Waals surface area contributed by atoms with Crippen molar-refractivity contribution < 1.29 is 22.7 Å². The van der Waals surface area contributed by atoms with Crippen molar-refractivity contribution in [2.45, 2.75) is 55.2 Å². The molecule has 2 aliphatic rings. The van der Waals surface area contributed by atoms with Gasteiger partial charge < -0.3 is 10.1 Å². The van der Waals surface area contributed by atoms with E-state index in [0.717, 1.165) is 55.4 Å². The van der Waals surface area contributed by atoms with Gasteiger partial charge in [0.25, 0.3) is 15.9 Å². The molecule has 0 spiro atoms. The van der Waals surface area contributed by atoms with Crippen molar-refractivity contribution in [1.29, 1.82) is 0 Å². The number of nitrogens with zero attached hydrogens (tertiary/aromatic N) is 1. The molecule has 172 valence electrons. The predicted octanol–water partition coefficient (Wildman–Crippen LogP) is 3.20. The molecule has 0 saturated carbocycles. The van der Waals surface area contributed by atoms with E-state index >= 15 is 0 Å². The first-order chi connectivity index (χ1) is 15.4. The van der Waals surface area contributed by atoms with Gasteiger partial charge in [0, 0.05) is 18.0 Å². The average molecular weight is 477 g/mol. The number of hydrogen-bond donors (Lipinski definition) is 1. The molecule has 0 bridgehead atoms. The summed E-state index contributed by atoms with van der Waals surface area (Å²) in [6, 6.07) is 11.2. The highest BCUT2D eigenvalue weighted by Gasteiger charge is 2.28. The van der Waals surface area contributed by atoms with Crippen LogP contribution in [0.5, 0.6) is 0 Å². The van der Waals surface area contributed by atoms with Crippen molar-refractivity contribution in [3.05, 3.63) is 52.4 Å². The Bertz CT molecular complexity index is 1070. The smallest absolute Gasteiger partial charge is 0.311 e. The number of ether oxygens (including phenoxy) is 1. The maximum absolute atomic E-state index is 12.7. The Labute approximate surface area is 192 Å². The number of hydrogen-bond acceptors (Lipinski definition) is 6. The zero-order valence-corrected chi connectivity index (χ0v) is 19.6. The molecule has 1 saturated heterocycles. The third-order valence-electron chi connectivity index (χ3n) is 5.93. The van der Waals surface area contributed by atoms with E-state index in [1.165, 1.54) is 9.87 Å². The SMILES string of the molecule is O=C(COC(=O)Cc1ccc(S(=O)(=O)N2CCCCC2)s1)NC1CCCc2ccccc21. The highest BCUT2D eigenvalue weighted by atomic mass is 32.2. The summed E-state index contributed by atoms with van der Waals surface area (Å²) in [7, 11) is -3.51. The Morgan fingerprint density at radius 2 is 1.84 bits per heavy atom. The van der Waals surface area contributed by atoms with Crippen molar-refractivity contribution in [3.63, 3.8) is 0 Å². The van der Waals surface area contributed by atoms with Crippen LogP contribution in [0.2, 0.25) is 0 Å². The van der Waals surface area contributed by atoms with E-state index in [2.05, 4.69) is 11.4 Å². The van der Waals surface area contributed by atoms with Crippen LogP contribution in [-0.4, -0.2) is 44.3 Å². The van der Waals surface area contributed by atoms with E-state index < -0.39 is 16.0 Å². The lowest BCUT2D eigenvalue weighted by atomic mass is 9.88. The highest BCUT2D eigenvalue weighted by molar-refractivity contribution is 7.91. The molecular weight excluding hydrogens is 448 g/mol. The molecule has 1 aliphatic carbocycles. The number of rotatable bonds is 7. The molecule has 1 N–H and O–H groups in total. The van der Waals surface area contributed by atoms with Gasteiger partial charge in [-0.05, 0) is 55.4 Å². The van der Waals surface area contributed by atoms with Gasteiger partial charge in [0.15, 0.2) is 6.61 Å². The second-order valence-corrected chi connectivity index (χ2v) is 11.6. The maximum atomic E-state index is 12.7. The molecular formula is C23H28N2O5S2. The molecule has 1 aliphatic heterocycles. The number of sulfonamides is 1. The Morgan fingerprint density at radius 1 is 1.06 bits per heavy atom. The second-order valence-electron chi connectivity index (χ2n) is 8.23. The normalized spacial score (nSPS) is 19.2.